The summed E-state index contributed by atoms with van der Waals surface area (Å²) in [7, 11) is 0. The Bertz CT molecular complexity index is 1220. The predicted octanol–water partition coefficient (Wildman–Crippen LogP) is 6.71. The van der Waals surface area contributed by atoms with Crippen LogP contribution in [0.4, 0.5) is 5.69 Å². The van der Waals surface area contributed by atoms with Gasteiger partial charge in [-0.05, 0) is 56.7 Å². The summed E-state index contributed by atoms with van der Waals surface area (Å²) in [6.45, 7) is 7.56. The SMILES string of the molecule is C=CCCCC(CCCC=C)(N=C(c1ccccc1)c1ccccc1NC(=O)c1ccccn1)C(=O)O. The average molecular weight is 496 g/mol. The Hall–Kier alpha value is -4.32. The fraction of sp³-hybridized carbons (Fsp3) is 0.226. The number of benzene rings is 2. The molecule has 3 aromatic rings. The Labute approximate surface area is 218 Å². The number of allylic oxidation sites excluding steroid dienone is 2. The fourth-order valence-corrected chi connectivity index (χ4v) is 4.15. The van der Waals surface area contributed by atoms with Crippen LogP contribution in [0.15, 0.2) is 109 Å². The lowest BCUT2D eigenvalue weighted by molar-refractivity contribution is -0.143. The molecule has 0 bridgehead atoms. The van der Waals surface area contributed by atoms with Crippen molar-refractivity contribution in [1.29, 1.82) is 0 Å². The molecule has 37 heavy (non-hydrogen) atoms. The molecule has 3 rings (SSSR count). The van der Waals surface area contributed by atoms with Gasteiger partial charge in [0, 0.05) is 17.3 Å². The molecule has 1 heterocycles. The van der Waals surface area contributed by atoms with Crippen LogP contribution in [0.3, 0.4) is 0 Å². The van der Waals surface area contributed by atoms with Crippen molar-refractivity contribution in [2.24, 2.45) is 4.99 Å². The normalized spacial score (nSPS) is 11.5. The van der Waals surface area contributed by atoms with Crippen molar-refractivity contribution >= 4 is 23.3 Å². The second kappa shape index (κ2) is 13.7. The van der Waals surface area contributed by atoms with E-state index in [0.717, 1.165) is 5.56 Å². The molecule has 0 spiro atoms. The molecule has 6 heteroatoms. The summed E-state index contributed by atoms with van der Waals surface area (Å²) >= 11 is 0. The van der Waals surface area contributed by atoms with Gasteiger partial charge in [-0.3, -0.25) is 14.8 Å². The molecule has 0 aliphatic heterocycles. The summed E-state index contributed by atoms with van der Waals surface area (Å²) in [5, 5.41) is 13.4. The molecule has 1 amide bonds. The number of unbranched alkanes of at least 4 members (excludes halogenated alkanes) is 2. The highest BCUT2D eigenvalue weighted by molar-refractivity contribution is 6.18. The molecule has 0 saturated carbocycles. The van der Waals surface area contributed by atoms with Crippen molar-refractivity contribution in [2.45, 2.75) is 44.1 Å². The zero-order chi connectivity index (χ0) is 26.5. The Balaban J connectivity index is 2.15. The Morgan fingerprint density at radius 2 is 1.51 bits per heavy atom. The number of rotatable bonds is 14. The van der Waals surface area contributed by atoms with Gasteiger partial charge in [0.2, 0.25) is 0 Å². The second-order valence-electron chi connectivity index (χ2n) is 8.74. The van der Waals surface area contributed by atoms with Gasteiger partial charge in [-0.25, -0.2) is 4.79 Å². The van der Waals surface area contributed by atoms with E-state index in [0.29, 0.717) is 55.5 Å². The largest absolute Gasteiger partial charge is 0.479 e. The minimum absolute atomic E-state index is 0.282. The maximum Gasteiger partial charge on any atom is 0.331 e. The third kappa shape index (κ3) is 7.34. The maximum atomic E-state index is 12.9. The first-order chi connectivity index (χ1) is 18.0. The van der Waals surface area contributed by atoms with Gasteiger partial charge in [-0.15, -0.1) is 13.2 Å². The first-order valence-corrected chi connectivity index (χ1v) is 12.4. The number of hydrogen-bond acceptors (Lipinski definition) is 4. The van der Waals surface area contributed by atoms with Crippen molar-refractivity contribution < 1.29 is 14.7 Å². The zero-order valence-corrected chi connectivity index (χ0v) is 21.0. The molecule has 0 radical (unpaired) electrons. The monoisotopic (exact) mass is 495 g/mol. The molecule has 0 atom stereocenters. The lowest BCUT2D eigenvalue weighted by atomic mass is 9.86. The molecule has 0 aliphatic rings. The average Bonchev–Trinajstić information content (AvgIpc) is 2.93. The number of hydrogen-bond donors (Lipinski definition) is 2. The summed E-state index contributed by atoms with van der Waals surface area (Å²) in [5.41, 5.74) is 1.38. The zero-order valence-electron chi connectivity index (χ0n) is 21.0. The van der Waals surface area contributed by atoms with Gasteiger partial charge in [0.1, 0.15) is 5.69 Å². The van der Waals surface area contributed by atoms with E-state index in [4.69, 9.17) is 4.99 Å². The minimum Gasteiger partial charge on any atom is -0.479 e. The molecule has 6 nitrogen and oxygen atoms in total. The maximum absolute atomic E-state index is 12.9. The van der Waals surface area contributed by atoms with Crippen molar-refractivity contribution in [2.75, 3.05) is 5.32 Å². The standard InChI is InChI=1S/C31H33N3O3/c1-3-5-13-21-31(30(36)37,22-14-6-4-2)34-28(24-16-8-7-9-17-24)25-18-10-11-19-26(25)33-29(35)27-20-12-15-23-32-27/h3-4,7-12,15-20,23H,1-2,5-6,13-14,21-22H2,(H,33,35)(H,36,37). The number of carbonyl (C=O) groups is 2. The number of nitrogens with zero attached hydrogens (tertiary/aromatic N) is 2. The van der Waals surface area contributed by atoms with E-state index < -0.39 is 11.5 Å². The highest BCUT2D eigenvalue weighted by Gasteiger charge is 2.38. The van der Waals surface area contributed by atoms with Crippen LogP contribution in [0, 0.1) is 0 Å². The molecule has 0 fully saturated rings. The van der Waals surface area contributed by atoms with Crippen LogP contribution in [0.5, 0.6) is 0 Å². The van der Waals surface area contributed by atoms with Gasteiger partial charge >= 0.3 is 5.97 Å². The molecule has 1 aromatic heterocycles. The topological polar surface area (TPSA) is 91.7 Å². The number of aliphatic carboxylic acids is 1. The Kier molecular flexibility index (Phi) is 10.1. The van der Waals surface area contributed by atoms with Crippen LogP contribution >= 0.6 is 0 Å². The van der Waals surface area contributed by atoms with E-state index in [2.05, 4.69) is 23.5 Å². The number of carbonyl (C=O) groups excluding carboxylic acids is 1. The van der Waals surface area contributed by atoms with Gasteiger partial charge in [0.15, 0.2) is 5.54 Å². The quantitative estimate of drug-likeness (QED) is 0.148. The van der Waals surface area contributed by atoms with Gasteiger partial charge in [0.05, 0.1) is 11.4 Å². The van der Waals surface area contributed by atoms with E-state index >= 15 is 0 Å². The van der Waals surface area contributed by atoms with Crippen molar-refractivity contribution in [1.82, 2.24) is 4.98 Å². The van der Waals surface area contributed by atoms with Gasteiger partial charge < -0.3 is 10.4 Å². The molecular weight excluding hydrogens is 462 g/mol. The number of nitrogens with one attached hydrogen (secondary N) is 1. The summed E-state index contributed by atoms with van der Waals surface area (Å²) in [4.78, 5) is 34.9. The molecule has 190 valence electrons. The van der Waals surface area contributed by atoms with E-state index in [1.54, 1.807) is 42.6 Å². The summed E-state index contributed by atoms with van der Waals surface area (Å²) in [6.07, 6.45) is 8.56. The summed E-state index contributed by atoms with van der Waals surface area (Å²) in [5.74, 6) is -1.33. The highest BCUT2D eigenvalue weighted by atomic mass is 16.4. The fourth-order valence-electron chi connectivity index (χ4n) is 4.15. The van der Waals surface area contributed by atoms with E-state index in [9.17, 15) is 14.7 Å². The number of pyridine rings is 1. The van der Waals surface area contributed by atoms with Crippen LogP contribution in [-0.2, 0) is 4.79 Å². The smallest absolute Gasteiger partial charge is 0.331 e. The first kappa shape index (κ1) is 27.3. The Morgan fingerprint density at radius 1 is 0.892 bits per heavy atom. The van der Waals surface area contributed by atoms with Gasteiger partial charge in [-0.1, -0.05) is 66.7 Å². The summed E-state index contributed by atoms with van der Waals surface area (Å²) < 4.78 is 0. The molecule has 0 unspecified atom stereocenters. The molecular formula is C31H33N3O3. The van der Waals surface area contributed by atoms with Crippen LogP contribution in [0.1, 0.15) is 60.1 Å². The third-order valence-electron chi connectivity index (χ3n) is 6.10. The lowest BCUT2D eigenvalue weighted by Gasteiger charge is -2.27. The summed E-state index contributed by atoms with van der Waals surface area (Å²) in [6, 6.07) is 21.9. The number of carboxylic acid groups (broad SMARTS) is 1. The van der Waals surface area contributed by atoms with Crippen LogP contribution in [0.2, 0.25) is 0 Å². The van der Waals surface area contributed by atoms with E-state index in [1.807, 2.05) is 48.5 Å². The predicted molar refractivity (Wildman–Crippen MR) is 149 cm³/mol. The van der Waals surface area contributed by atoms with E-state index in [1.165, 1.54) is 0 Å². The van der Waals surface area contributed by atoms with Crippen molar-refractivity contribution in [3.63, 3.8) is 0 Å². The van der Waals surface area contributed by atoms with Crippen molar-refractivity contribution in [3.8, 4) is 0 Å². The molecule has 0 saturated heterocycles. The van der Waals surface area contributed by atoms with Crippen LogP contribution < -0.4 is 5.32 Å². The number of amides is 1. The van der Waals surface area contributed by atoms with E-state index in [-0.39, 0.29) is 11.6 Å². The minimum atomic E-state index is -1.34. The Morgan fingerprint density at radius 3 is 2.11 bits per heavy atom. The highest BCUT2D eigenvalue weighted by Crippen LogP contribution is 2.31. The lowest BCUT2D eigenvalue weighted by Crippen LogP contribution is -2.38. The number of para-hydroxylation sites is 1. The third-order valence-corrected chi connectivity index (χ3v) is 6.10. The number of carboxylic acids is 1. The molecule has 2 N–H and O–H groups in total. The second-order valence-corrected chi connectivity index (χ2v) is 8.74. The number of aromatic nitrogens is 1. The van der Waals surface area contributed by atoms with Gasteiger partial charge in [-0.2, -0.15) is 0 Å². The number of aliphatic imine (C=N–C) groups is 1. The van der Waals surface area contributed by atoms with Crippen LogP contribution in [0.25, 0.3) is 0 Å². The molecule has 0 aliphatic carbocycles. The first-order valence-electron chi connectivity index (χ1n) is 12.4. The molecule has 2 aromatic carbocycles. The number of anilines is 1. The van der Waals surface area contributed by atoms with Crippen molar-refractivity contribution in [3.05, 3.63) is 121 Å². The van der Waals surface area contributed by atoms with Gasteiger partial charge in [0.25, 0.3) is 5.91 Å². The van der Waals surface area contributed by atoms with Crippen LogP contribution in [-0.4, -0.2) is 33.2 Å².